The molecule has 0 aliphatic rings. The van der Waals surface area contributed by atoms with Gasteiger partial charge in [0.15, 0.2) is 11.9 Å². The maximum Gasteiger partial charge on any atom is 0.425 e. The molecule has 0 unspecified atom stereocenters. The Kier molecular flexibility index (Phi) is 3.63. The quantitative estimate of drug-likeness (QED) is 0.693. The van der Waals surface area contributed by atoms with Crippen LogP contribution in [0.3, 0.4) is 0 Å². The molecule has 5 nitrogen and oxygen atoms in total. The van der Waals surface area contributed by atoms with Gasteiger partial charge < -0.3 is 4.74 Å². The second kappa shape index (κ2) is 5.49. The third-order valence-electron chi connectivity index (χ3n) is 3.15. The van der Waals surface area contributed by atoms with E-state index in [9.17, 15) is 17.6 Å². The fraction of sp³-hybridized carbons (Fsp3) is 0.214. The minimum atomic E-state index is -4.60. The summed E-state index contributed by atoms with van der Waals surface area (Å²) < 4.78 is 57.4. The smallest absolute Gasteiger partial charge is 0.425 e. The first kappa shape index (κ1) is 15.2. The zero-order valence-electron chi connectivity index (χ0n) is 11.8. The first-order valence-corrected chi connectivity index (χ1v) is 6.51. The molecule has 3 aromatic heterocycles. The number of alkyl halides is 3. The highest BCUT2D eigenvalue weighted by atomic mass is 19.4. The number of rotatable bonds is 3. The molecule has 0 amide bonds. The Morgan fingerprint density at radius 2 is 1.91 bits per heavy atom. The van der Waals surface area contributed by atoms with Crippen molar-refractivity contribution in [3.8, 4) is 17.1 Å². The lowest BCUT2D eigenvalue weighted by Crippen LogP contribution is -2.31. The molecule has 3 heterocycles. The van der Waals surface area contributed by atoms with Gasteiger partial charge in [0, 0.05) is 11.8 Å². The van der Waals surface area contributed by atoms with Gasteiger partial charge in [0.25, 0.3) is 5.88 Å². The van der Waals surface area contributed by atoms with E-state index in [1.165, 1.54) is 12.5 Å². The van der Waals surface area contributed by atoms with Gasteiger partial charge >= 0.3 is 6.18 Å². The normalized spacial score (nSPS) is 13.3. The SMILES string of the molecule is C[C@@H](Oc1ncc(-c2cc3cncn3cn2)cc1F)C(F)(F)F. The number of nitrogens with zero attached hydrogens (tertiary/aromatic N) is 4. The fourth-order valence-corrected chi connectivity index (χ4v) is 1.87. The molecule has 1 atom stereocenters. The molecule has 0 aliphatic carbocycles. The minimum absolute atomic E-state index is 0.318. The third kappa shape index (κ3) is 3.08. The zero-order chi connectivity index (χ0) is 16.6. The molecule has 0 saturated carbocycles. The number of aromatic nitrogens is 4. The van der Waals surface area contributed by atoms with Crippen molar-refractivity contribution in [1.82, 2.24) is 19.4 Å². The zero-order valence-corrected chi connectivity index (χ0v) is 11.8. The van der Waals surface area contributed by atoms with Crippen LogP contribution in [0.1, 0.15) is 6.92 Å². The molecule has 0 spiro atoms. The second-order valence-corrected chi connectivity index (χ2v) is 4.81. The maximum absolute atomic E-state index is 13.9. The number of imidazole rings is 1. The molecule has 0 aromatic carbocycles. The summed E-state index contributed by atoms with van der Waals surface area (Å²) in [6.45, 7) is 0.782. The van der Waals surface area contributed by atoms with Gasteiger partial charge in [0.1, 0.15) is 12.7 Å². The van der Waals surface area contributed by atoms with Crippen molar-refractivity contribution in [2.45, 2.75) is 19.2 Å². The fourth-order valence-electron chi connectivity index (χ4n) is 1.87. The predicted octanol–water partition coefficient (Wildman–Crippen LogP) is 3.26. The van der Waals surface area contributed by atoms with Crippen LogP contribution in [0.2, 0.25) is 0 Å². The van der Waals surface area contributed by atoms with E-state index in [-0.39, 0.29) is 0 Å². The second-order valence-electron chi connectivity index (χ2n) is 4.81. The average Bonchev–Trinajstić information content (AvgIpc) is 2.95. The van der Waals surface area contributed by atoms with Gasteiger partial charge in [-0.05, 0) is 19.1 Å². The summed E-state index contributed by atoms with van der Waals surface area (Å²) in [5.41, 5.74) is 1.47. The topological polar surface area (TPSA) is 52.3 Å². The van der Waals surface area contributed by atoms with Crippen LogP contribution in [-0.4, -0.2) is 31.6 Å². The highest BCUT2D eigenvalue weighted by Gasteiger charge is 2.38. The molecule has 0 radical (unpaired) electrons. The molecular weight excluding hydrogens is 316 g/mol. The molecule has 0 bridgehead atoms. The Bertz CT molecular complexity index is 846. The molecule has 0 saturated heterocycles. The molecular formula is C14H10F4N4O. The van der Waals surface area contributed by atoms with Crippen LogP contribution < -0.4 is 4.74 Å². The summed E-state index contributed by atoms with van der Waals surface area (Å²) in [5, 5.41) is 0. The van der Waals surface area contributed by atoms with E-state index in [4.69, 9.17) is 0 Å². The molecule has 120 valence electrons. The van der Waals surface area contributed by atoms with Crippen molar-refractivity contribution in [2.75, 3.05) is 0 Å². The molecule has 0 N–H and O–H groups in total. The number of halogens is 4. The van der Waals surface area contributed by atoms with Crippen molar-refractivity contribution >= 4 is 5.52 Å². The summed E-state index contributed by atoms with van der Waals surface area (Å²) in [4.78, 5) is 11.7. The number of ether oxygens (including phenoxy) is 1. The van der Waals surface area contributed by atoms with Crippen LogP contribution in [0.25, 0.3) is 16.8 Å². The van der Waals surface area contributed by atoms with E-state index >= 15 is 0 Å². The predicted molar refractivity (Wildman–Crippen MR) is 72.3 cm³/mol. The highest BCUT2D eigenvalue weighted by Crippen LogP contribution is 2.27. The average molecular weight is 326 g/mol. The van der Waals surface area contributed by atoms with E-state index in [1.807, 2.05) is 0 Å². The van der Waals surface area contributed by atoms with Gasteiger partial charge in [-0.2, -0.15) is 13.2 Å². The number of pyridine rings is 1. The molecule has 0 aliphatic heterocycles. The van der Waals surface area contributed by atoms with Crippen molar-refractivity contribution < 1.29 is 22.3 Å². The minimum Gasteiger partial charge on any atom is -0.463 e. The van der Waals surface area contributed by atoms with E-state index < -0.39 is 24.0 Å². The van der Waals surface area contributed by atoms with Crippen molar-refractivity contribution in [1.29, 1.82) is 0 Å². The summed E-state index contributed by atoms with van der Waals surface area (Å²) in [6.07, 6.45) is -0.904. The summed E-state index contributed by atoms with van der Waals surface area (Å²) >= 11 is 0. The van der Waals surface area contributed by atoms with E-state index in [1.54, 1.807) is 23.0 Å². The Balaban J connectivity index is 1.89. The van der Waals surface area contributed by atoms with Gasteiger partial charge in [0.05, 0.1) is 17.4 Å². The van der Waals surface area contributed by atoms with Gasteiger partial charge in [-0.25, -0.2) is 19.3 Å². The van der Waals surface area contributed by atoms with Gasteiger partial charge in [-0.15, -0.1) is 0 Å². The first-order valence-electron chi connectivity index (χ1n) is 6.51. The highest BCUT2D eigenvalue weighted by molar-refractivity contribution is 5.64. The van der Waals surface area contributed by atoms with Crippen molar-refractivity contribution in [3.63, 3.8) is 0 Å². The Morgan fingerprint density at radius 1 is 1.13 bits per heavy atom. The Labute approximate surface area is 127 Å². The lowest BCUT2D eigenvalue weighted by Gasteiger charge is -2.17. The van der Waals surface area contributed by atoms with Gasteiger partial charge in [-0.1, -0.05) is 0 Å². The van der Waals surface area contributed by atoms with Crippen LogP contribution in [0.15, 0.2) is 37.2 Å². The maximum atomic E-state index is 13.9. The number of hydrogen-bond acceptors (Lipinski definition) is 4. The Morgan fingerprint density at radius 3 is 2.61 bits per heavy atom. The lowest BCUT2D eigenvalue weighted by atomic mass is 10.2. The molecule has 0 fully saturated rings. The molecule has 9 heteroatoms. The van der Waals surface area contributed by atoms with E-state index in [0.29, 0.717) is 11.3 Å². The third-order valence-corrected chi connectivity index (χ3v) is 3.15. The summed E-state index contributed by atoms with van der Waals surface area (Å²) in [6, 6.07) is 2.68. The van der Waals surface area contributed by atoms with Crippen LogP contribution in [0.5, 0.6) is 5.88 Å². The monoisotopic (exact) mass is 326 g/mol. The van der Waals surface area contributed by atoms with Crippen molar-refractivity contribution in [3.05, 3.63) is 43.0 Å². The van der Waals surface area contributed by atoms with E-state index in [0.717, 1.165) is 18.5 Å². The van der Waals surface area contributed by atoms with Crippen LogP contribution >= 0.6 is 0 Å². The molecule has 3 rings (SSSR count). The van der Waals surface area contributed by atoms with E-state index in [2.05, 4.69) is 19.7 Å². The molecule has 3 aromatic rings. The molecule has 23 heavy (non-hydrogen) atoms. The number of hydrogen-bond donors (Lipinski definition) is 0. The first-order chi connectivity index (χ1) is 10.8. The summed E-state index contributed by atoms with van der Waals surface area (Å²) in [7, 11) is 0. The summed E-state index contributed by atoms with van der Waals surface area (Å²) in [5.74, 6) is -1.70. The van der Waals surface area contributed by atoms with Crippen LogP contribution in [0.4, 0.5) is 17.6 Å². The number of fused-ring (bicyclic) bond motifs is 1. The van der Waals surface area contributed by atoms with Crippen LogP contribution in [0, 0.1) is 5.82 Å². The Hall–Kier alpha value is -2.71. The largest absolute Gasteiger partial charge is 0.463 e. The van der Waals surface area contributed by atoms with Gasteiger partial charge in [-0.3, -0.25) is 4.40 Å². The van der Waals surface area contributed by atoms with Gasteiger partial charge in [0.2, 0.25) is 0 Å². The lowest BCUT2D eigenvalue weighted by molar-refractivity contribution is -0.190. The van der Waals surface area contributed by atoms with Crippen molar-refractivity contribution in [2.24, 2.45) is 0 Å². The standard InChI is InChI=1S/C14H10F4N4O/c1-8(14(16,17)18)23-13-11(15)2-9(4-20-13)12-3-10-5-19-6-22(10)7-21-12/h2-8H,1H3/t8-/m1/s1. The van der Waals surface area contributed by atoms with Crippen LogP contribution in [-0.2, 0) is 0 Å².